The minimum Gasteiger partial charge on any atom is -0.445 e. The number of hydrogen-bond donors (Lipinski definition) is 5. The molecule has 0 bridgehead atoms. The summed E-state index contributed by atoms with van der Waals surface area (Å²) in [5.41, 5.74) is -3.20. The SMILES string of the molecule is C=CCOC(=O)N[C@H](C(=O)N[C@H](C)C(=O)Nc1ccc(COC(=O)Nc2ccn([C@@H]3O[C@H](COP(=O)(OC(C)(C)C)OC(C)(C)C)[C@@H](O[Si](C)(C)C(C)(C)C)C3(F)F)c(=O)n2)c(C(=O)NCCOCCOCCOCCOCCOCCOCCOCCOC)c1)C(C)C. The molecule has 2 aromatic rings. The predicted octanol–water partition coefficient (Wildman–Crippen LogP) is 7.54. The number of hydrogen-bond acceptors (Lipinski definition) is 23. The summed E-state index contributed by atoms with van der Waals surface area (Å²) < 4.78 is 131. The number of phosphoric acid groups is 1. The maximum atomic E-state index is 16.9. The molecule has 5 amide bonds. The van der Waals surface area contributed by atoms with Crippen LogP contribution in [0, 0.1) is 5.92 Å². The Labute approximate surface area is 551 Å². The van der Waals surface area contributed by atoms with Gasteiger partial charge in [0, 0.05) is 36.7 Å². The lowest BCUT2D eigenvalue weighted by atomic mass is 10.0. The van der Waals surface area contributed by atoms with Crippen LogP contribution in [0.25, 0.3) is 0 Å². The number of rotatable bonds is 44. The van der Waals surface area contributed by atoms with Crippen molar-refractivity contribution in [3.05, 3.63) is 64.7 Å². The number of anilines is 2. The zero-order chi connectivity index (χ0) is 70.3. The molecule has 1 aliphatic heterocycles. The molecule has 1 fully saturated rings. The number of amides is 5. The number of benzene rings is 1. The number of phosphoric ester groups is 1. The van der Waals surface area contributed by atoms with E-state index < -0.39 is 129 Å². The molecule has 1 saturated heterocycles. The van der Waals surface area contributed by atoms with Gasteiger partial charge in [-0.3, -0.25) is 37.8 Å². The second-order valence-electron chi connectivity index (χ2n) is 25.2. The Bertz CT molecular complexity index is 2760. The van der Waals surface area contributed by atoms with E-state index in [1.54, 1.807) is 75.6 Å². The lowest BCUT2D eigenvalue weighted by molar-refractivity contribution is -0.138. The van der Waals surface area contributed by atoms with Gasteiger partial charge in [0.1, 0.15) is 43.3 Å². The fraction of sp³-hybridized carbons (Fsp3) is 0.721. The van der Waals surface area contributed by atoms with Crippen molar-refractivity contribution in [3.8, 4) is 0 Å². The molecule has 1 aliphatic rings. The van der Waals surface area contributed by atoms with E-state index in [0.29, 0.717) is 83.8 Å². The van der Waals surface area contributed by atoms with E-state index in [1.807, 2.05) is 20.8 Å². The molecule has 2 heterocycles. The molecule has 5 atom stereocenters. The molecule has 0 radical (unpaired) electrons. The van der Waals surface area contributed by atoms with E-state index >= 15 is 8.78 Å². The van der Waals surface area contributed by atoms with Gasteiger partial charge in [0.05, 0.1) is 117 Å². The summed E-state index contributed by atoms with van der Waals surface area (Å²) in [5, 5.41) is 12.1. The van der Waals surface area contributed by atoms with E-state index in [2.05, 4.69) is 38.1 Å². The standard InChI is InChI=1S/C61H102F2N7O22PSi/c1-17-23-86-57(76)69-49(42(2)3)53(73)65-43(4)51(71)66-45-19-18-44(46(39-45)52(72)64-21-24-79-27-28-81-31-32-83-35-36-85-38-37-84-34-33-82-30-29-80-26-25-78-14)40-87-56(75)68-48-20-22-70(55(74)67-48)54-61(62,63)50(90-94(15,16)60(11,12)13)47(89-54)41-88-93(77,91-58(5,6)7)92-59(8,9)10/h17-20,22,39,42-43,47,49-50,54H,1,21,23-38,40-41H2,2-16H3,(H,64,72)(H,65,73)(H,66,71)(H,69,76)(H,67,68,74,75)/t43-,47-,49+,50-,54-/m1/s1. The number of methoxy groups -OCH3 is 1. The van der Waals surface area contributed by atoms with Gasteiger partial charge in [0.25, 0.3) is 5.91 Å². The van der Waals surface area contributed by atoms with Gasteiger partial charge in [-0.15, -0.1) is 0 Å². The first-order chi connectivity index (χ1) is 44.0. The highest BCUT2D eigenvalue weighted by atomic mass is 31.2. The topological polar surface area (TPSA) is 336 Å². The van der Waals surface area contributed by atoms with E-state index in [4.69, 9.17) is 70.1 Å². The second-order valence-corrected chi connectivity index (χ2v) is 31.5. The summed E-state index contributed by atoms with van der Waals surface area (Å²) in [6.07, 6.45) is -5.71. The number of nitrogens with zero attached hydrogens (tertiary/aromatic N) is 2. The molecular formula is C61H102F2N7O22PSi. The summed E-state index contributed by atoms with van der Waals surface area (Å²) in [6, 6.07) is 2.95. The van der Waals surface area contributed by atoms with Crippen LogP contribution in [0.1, 0.15) is 105 Å². The summed E-state index contributed by atoms with van der Waals surface area (Å²) in [5.74, 6) is -6.78. The summed E-state index contributed by atoms with van der Waals surface area (Å²) >= 11 is 0. The van der Waals surface area contributed by atoms with E-state index in [1.165, 1.54) is 31.2 Å². The Balaban J connectivity index is 1.68. The van der Waals surface area contributed by atoms with Gasteiger partial charge in [-0.2, -0.15) is 13.8 Å². The zero-order valence-electron chi connectivity index (χ0n) is 57.1. The maximum Gasteiger partial charge on any atom is 0.475 e. The maximum absolute atomic E-state index is 16.9. The van der Waals surface area contributed by atoms with Crippen molar-refractivity contribution in [1.82, 2.24) is 25.5 Å². The molecule has 5 N–H and O–H groups in total. The molecule has 1 aromatic heterocycles. The van der Waals surface area contributed by atoms with Gasteiger partial charge in [-0.1, -0.05) is 53.3 Å². The van der Waals surface area contributed by atoms with Crippen molar-refractivity contribution in [2.75, 3.05) is 137 Å². The number of alkyl halides is 2. The van der Waals surface area contributed by atoms with Crippen LogP contribution in [0.2, 0.25) is 18.1 Å². The quantitative estimate of drug-likeness (QED) is 0.0185. The van der Waals surface area contributed by atoms with Crippen LogP contribution in [0.3, 0.4) is 0 Å². The van der Waals surface area contributed by atoms with Gasteiger partial charge < -0.3 is 77.8 Å². The lowest BCUT2D eigenvalue weighted by Gasteiger charge is -2.40. The van der Waals surface area contributed by atoms with Crippen molar-refractivity contribution in [2.45, 2.75) is 155 Å². The lowest BCUT2D eigenvalue weighted by Crippen LogP contribution is -2.53. The van der Waals surface area contributed by atoms with Gasteiger partial charge >= 0.3 is 31.6 Å². The highest BCUT2D eigenvalue weighted by Gasteiger charge is 2.63. The van der Waals surface area contributed by atoms with Gasteiger partial charge in [0.15, 0.2) is 8.32 Å². The Hall–Kier alpha value is -5.42. The zero-order valence-corrected chi connectivity index (χ0v) is 59.0. The van der Waals surface area contributed by atoms with Crippen LogP contribution < -0.4 is 32.3 Å². The molecule has 94 heavy (non-hydrogen) atoms. The molecule has 0 saturated carbocycles. The third-order valence-corrected chi connectivity index (χ3v) is 20.0. The van der Waals surface area contributed by atoms with Crippen molar-refractivity contribution in [2.24, 2.45) is 5.92 Å². The number of carbonyl (C=O) groups is 5. The second kappa shape index (κ2) is 40.3. The Kier molecular flexibility index (Phi) is 35.5. The van der Waals surface area contributed by atoms with E-state index in [-0.39, 0.29) is 49.8 Å². The molecule has 536 valence electrons. The summed E-state index contributed by atoms with van der Waals surface area (Å²) in [6.45, 7) is 31.2. The molecule has 29 nitrogen and oxygen atoms in total. The smallest absolute Gasteiger partial charge is 0.445 e. The molecule has 1 aromatic carbocycles. The minimum atomic E-state index is -4.45. The highest BCUT2D eigenvalue weighted by molar-refractivity contribution is 7.48. The van der Waals surface area contributed by atoms with Crippen molar-refractivity contribution in [1.29, 1.82) is 0 Å². The van der Waals surface area contributed by atoms with Crippen molar-refractivity contribution < 1.29 is 107 Å². The average Bonchev–Trinajstić information content (AvgIpc) is 1.59. The molecule has 0 spiro atoms. The monoisotopic (exact) mass is 1380 g/mol. The first kappa shape index (κ1) is 82.8. The first-order valence-corrected chi connectivity index (χ1v) is 35.4. The number of ether oxygens (including phenoxy) is 11. The van der Waals surface area contributed by atoms with E-state index in [9.17, 15) is 33.3 Å². The summed E-state index contributed by atoms with van der Waals surface area (Å²) in [4.78, 5) is 83.6. The number of carbonyl (C=O) groups excluding carboxylic acids is 5. The van der Waals surface area contributed by atoms with Crippen LogP contribution in [-0.4, -0.2) is 215 Å². The molecule has 0 aliphatic carbocycles. The molecule has 3 rings (SSSR count). The normalized spacial score (nSPS) is 16.7. The van der Waals surface area contributed by atoms with E-state index in [0.717, 1.165) is 12.3 Å². The van der Waals surface area contributed by atoms with Crippen LogP contribution in [0.15, 0.2) is 47.9 Å². The minimum absolute atomic E-state index is 0.00712. The van der Waals surface area contributed by atoms with Crippen molar-refractivity contribution >= 4 is 57.6 Å². The molecule has 33 heteroatoms. The highest BCUT2D eigenvalue weighted by Crippen LogP contribution is 2.57. The Morgan fingerprint density at radius 1 is 0.734 bits per heavy atom. The first-order valence-electron chi connectivity index (χ1n) is 31.0. The fourth-order valence-corrected chi connectivity index (χ4v) is 11.0. The van der Waals surface area contributed by atoms with Crippen molar-refractivity contribution in [3.63, 3.8) is 0 Å². The third kappa shape index (κ3) is 30.8. The molecule has 0 unspecified atom stereocenters. The number of aromatic nitrogens is 2. The van der Waals surface area contributed by atoms with Crippen LogP contribution >= 0.6 is 7.82 Å². The average molecular weight is 1380 g/mol. The van der Waals surface area contributed by atoms with Gasteiger partial charge in [0.2, 0.25) is 18.0 Å². The van der Waals surface area contributed by atoms with Crippen LogP contribution in [0.5, 0.6) is 0 Å². The van der Waals surface area contributed by atoms with Gasteiger partial charge in [-0.25, -0.2) is 18.9 Å². The fourth-order valence-electron chi connectivity index (χ4n) is 7.94. The van der Waals surface area contributed by atoms with Crippen LogP contribution in [-0.2, 0) is 90.9 Å². The number of nitrogens with one attached hydrogen (secondary N) is 5. The molecular weight excluding hydrogens is 1280 g/mol. The van der Waals surface area contributed by atoms with Gasteiger partial charge in [-0.05, 0) is 90.7 Å². The Morgan fingerprint density at radius 3 is 1.73 bits per heavy atom. The van der Waals surface area contributed by atoms with Crippen LogP contribution in [0.4, 0.5) is 29.9 Å². The predicted molar refractivity (Wildman–Crippen MR) is 344 cm³/mol. The largest absolute Gasteiger partial charge is 0.475 e. The third-order valence-electron chi connectivity index (χ3n) is 13.5. The number of alkyl carbamates (subject to hydrolysis) is 1. The summed E-state index contributed by atoms with van der Waals surface area (Å²) in [7, 11) is -5.86. The Morgan fingerprint density at radius 2 is 1.26 bits per heavy atom. The number of halogens is 2.